The molecular weight excluding hydrogens is 282 g/mol. The minimum absolute atomic E-state index is 0.00810. The molecule has 1 fully saturated rings. The number of rotatable bonds is 4. The lowest BCUT2D eigenvalue weighted by Gasteiger charge is -2.21. The molecule has 1 saturated heterocycles. The van der Waals surface area contributed by atoms with Crippen LogP contribution >= 0.6 is 11.8 Å². The highest BCUT2D eigenvalue weighted by molar-refractivity contribution is 8.13. The third-order valence-electron chi connectivity index (χ3n) is 2.78. The maximum atomic E-state index is 12.0. The average Bonchev–Trinajstić information content (AvgIpc) is 2.48. The fourth-order valence-electron chi connectivity index (χ4n) is 1.70. The number of nitrogens with one attached hydrogen (secondary N) is 2. The molecule has 2 rings (SSSR count). The van der Waals surface area contributed by atoms with Crippen LogP contribution in [0, 0.1) is 4.91 Å². The number of nitroso groups, excluding NO2 is 1. The summed E-state index contributed by atoms with van der Waals surface area (Å²) in [6, 6.07) is 4.14. The summed E-state index contributed by atoms with van der Waals surface area (Å²) in [5.74, 6) is 0.541. The Balaban J connectivity index is 2.07. The van der Waals surface area contributed by atoms with Gasteiger partial charge in [-0.25, -0.2) is 0 Å². The number of amides is 1. The van der Waals surface area contributed by atoms with Crippen molar-refractivity contribution in [1.82, 2.24) is 5.32 Å². The molecule has 0 bridgehead atoms. The predicted molar refractivity (Wildman–Crippen MR) is 76.3 cm³/mol. The lowest BCUT2D eigenvalue weighted by Crippen LogP contribution is -2.47. The van der Waals surface area contributed by atoms with E-state index in [1.807, 2.05) is 0 Å². The first-order valence-electron chi connectivity index (χ1n) is 5.85. The zero-order valence-corrected chi connectivity index (χ0v) is 11.5. The molecule has 0 spiro atoms. The summed E-state index contributed by atoms with van der Waals surface area (Å²) in [5.41, 5.74) is 0.409. The maximum Gasteiger partial charge on any atom is 0.242 e. The Hall–Kier alpha value is -1.93. The van der Waals surface area contributed by atoms with E-state index in [0.29, 0.717) is 17.2 Å². The maximum absolute atomic E-state index is 12.0. The third kappa shape index (κ3) is 3.34. The molecule has 2 N–H and O–H groups in total. The summed E-state index contributed by atoms with van der Waals surface area (Å²) in [4.78, 5) is 33.9. The van der Waals surface area contributed by atoms with Crippen molar-refractivity contribution in [3.05, 3.63) is 23.1 Å². The van der Waals surface area contributed by atoms with Crippen molar-refractivity contribution in [2.45, 2.75) is 6.04 Å². The van der Waals surface area contributed by atoms with E-state index in [4.69, 9.17) is 4.74 Å². The van der Waals surface area contributed by atoms with Gasteiger partial charge in [0.05, 0.1) is 25.4 Å². The van der Waals surface area contributed by atoms with Gasteiger partial charge in [0.2, 0.25) is 11.0 Å². The molecule has 0 saturated carbocycles. The van der Waals surface area contributed by atoms with Crippen LogP contribution in [0.15, 0.2) is 23.4 Å². The first-order chi connectivity index (χ1) is 9.63. The lowest BCUT2D eigenvalue weighted by atomic mass is 10.2. The van der Waals surface area contributed by atoms with Gasteiger partial charge in [0.15, 0.2) is 0 Å². The summed E-state index contributed by atoms with van der Waals surface area (Å²) in [5, 5.41) is 8.33. The van der Waals surface area contributed by atoms with Crippen molar-refractivity contribution < 1.29 is 14.3 Å². The van der Waals surface area contributed by atoms with Gasteiger partial charge < -0.3 is 10.1 Å². The highest BCUT2D eigenvalue weighted by atomic mass is 32.2. The molecule has 1 atom stereocenters. The van der Waals surface area contributed by atoms with Crippen molar-refractivity contribution in [3.63, 3.8) is 0 Å². The molecule has 1 aliphatic rings. The van der Waals surface area contributed by atoms with Crippen LogP contribution in [-0.4, -0.2) is 36.5 Å². The first-order valence-corrected chi connectivity index (χ1v) is 6.84. The summed E-state index contributed by atoms with van der Waals surface area (Å²) >= 11 is 1.11. The van der Waals surface area contributed by atoms with Crippen LogP contribution in [0.2, 0.25) is 0 Å². The number of benzene rings is 1. The fraction of sp³-hybridized carbons (Fsp3) is 0.333. The number of carbonyl (C=O) groups excluding carboxylic acids is 2. The number of hydrogen-bond donors (Lipinski definition) is 2. The highest BCUT2D eigenvalue weighted by Crippen LogP contribution is 2.29. The largest absolute Gasteiger partial charge is 0.497 e. The molecule has 1 amide bonds. The number of ether oxygens (including phenoxy) is 1. The SMILES string of the molecule is COc1ccc(NC(=O)C2CSC(=O)CN2)c(N=O)c1. The van der Waals surface area contributed by atoms with E-state index in [1.54, 1.807) is 12.1 Å². The smallest absolute Gasteiger partial charge is 0.242 e. The van der Waals surface area contributed by atoms with E-state index in [1.165, 1.54) is 13.2 Å². The Labute approximate surface area is 119 Å². The van der Waals surface area contributed by atoms with E-state index in [9.17, 15) is 14.5 Å². The van der Waals surface area contributed by atoms with Crippen LogP contribution < -0.4 is 15.4 Å². The van der Waals surface area contributed by atoms with Gasteiger partial charge in [-0.1, -0.05) is 11.8 Å². The van der Waals surface area contributed by atoms with Gasteiger partial charge in [-0.15, -0.1) is 4.91 Å². The lowest BCUT2D eigenvalue weighted by molar-refractivity contribution is -0.118. The molecule has 0 radical (unpaired) electrons. The second-order valence-corrected chi connectivity index (χ2v) is 5.16. The number of methoxy groups -OCH3 is 1. The van der Waals surface area contributed by atoms with Crippen LogP contribution in [-0.2, 0) is 9.59 Å². The molecular formula is C12H13N3O4S. The molecule has 1 heterocycles. The van der Waals surface area contributed by atoms with Crippen molar-refractivity contribution in [2.24, 2.45) is 5.18 Å². The van der Waals surface area contributed by atoms with E-state index in [0.717, 1.165) is 11.8 Å². The zero-order chi connectivity index (χ0) is 14.5. The molecule has 0 aromatic heterocycles. The number of hydrogen-bond acceptors (Lipinski definition) is 7. The molecule has 20 heavy (non-hydrogen) atoms. The number of nitrogens with zero attached hydrogens (tertiary/aromatic N) is 1. The topological polar surface area (TPSA) is 96.9 Å². The van der Waals surface area contributed by atoms with E-state index in [2.05, 4.69) is 15.8 Å². The van der Waals surface area contributed by atoms with Crippen LogP contribution in [0.1, 0.15) is 0 Å². The van der Waals surface area contributed by atoms with Gasteiger partial charge in [-0.3, -0.25) is 14.9 Å². The van der Waals surface area contributed by atoms with Crippen LogP contribution in [0.5, 0.6) is 5.75 Å². The van der Waals surface area contributed by atoms with Gasteiger partial charge in [0.1, 0.15) is 11.4 Å². The minimum atomic E-state index is -0.473. The van der Waals surface area contributed by atoms with E-state index >= 15 is 0 Å². The molecule has 0 aliphatic carbocycles. The number of carbonyl (C=O) groups is 2. The monoisotopic (exact) mass is 295 g/mol. The Morgan fingerprint density at radius 3 is 2.95 bits per heavy atom. The third-order valence-corrected chi connectivity index (χ3v) is 3.75. The second kappa shape index (κ2) is 6.49. The number of anilines is 1. The predicted octanol–water partition coefficient (Wildman–Crippen LogP) is 1.26. The second-order valence-electron chi connectivity index (χ2n) is 4.08. The van der Waals surface area contributed by atoms with Crippen molar-refractivity contribution in [3.8, 4) is 5.75 Å². The van der Waals surface area contributed by atoms with E-state index < -0.39 is 6.04 Å². The summed E-state index contributed by atoms with van der Waals surface area (Å²) in [7, 11) is 1.47. The Morgan fingerprint density at radius 2 is 2.35 bits per heavy atom. The van der Waals surface area contributed by atoms with Crippen LogP contribution in [0.3, 0.4) is 0 Å². The van der Waals surface area contributed by atoms with Gasteiger partial charge >= 0.3 is 0 Å². The molecule has 1 aromatic carbocycles. The fourth-order valence-corrected chi connectivity index (χ4v) is 2.51. The van der Waals surface area contributed by atoms with Crippen LogP contribution in [0.25, 0.3) is 0 Å². The van der Waals surface area contributed by atoms with E-state index in [-0.39, 0.29) is 23.3 Å². The van der Waals surface area contributed by atoms with Crippen LogP contribution in [0.4, 0.5) is 11.4 Å². The minimum Gasteiger partial charge on any atom is -0.497 e. The average molecular weight is 295 g/mol. The molecule has 1 aliphatic heterocycles. The molecule has 7 nitrogen and oxygen atoms in total. The van der Waals surface area contributed by atoms with Gasteiger partial charge in [0, 0.05) is 11.8 Å². The number of thioether (sulfide) groups is 1. The Kier molecular flexibility index (Phi) is 4.70. The van der Waals surface area contributed by atoms with Gasteiger partial charge in [-0.2, -0.15) is 0 Å². The Morgan fingerprint density at radius 1 is 1.55 bits per heavy atom. The first kappa shape index (κ1) is 14.5. The van der Waals surface area contributed by atoms with Crippen molar-refractivity contribution >= 4 is 34.2 Å². The quantitative estimate of drug-likeness (QED) is 0.812. The molecule has 8 heteroatoms. The molecule has 106 valence electrons. The zero-order valence-electron chi connectivity index (χ0n) is 10.7. The molecule has 1 aromatic rings. The molecule has 1 unspecified atom stereocenters. The summed E-state index contributed by atoms with van der Waals surface area (Å²) in [6.45, 7) is 0.157. The standard InChI is InChI=1S/C12H13N3O4S/c1-19-7-2-3-8(9(4-7)15-18)14-12(17)10-6-20-11(16)5-13-10/h2-4,10,13H,5-6H2,1H3,(H,14,17). The normalized spacial score (nSPS) is 18.4. The van der Waals surface area contributed by atoms with Gasteiger partial charge in [0.25, 0.3) is 0 Å². The highest BCUT2D eigenvalue weighted by Gasteiger charge is 2.25. The van der Waals surface area contributed by atoms with Crippen molar-refractivity contribution in [1.29, 1.82) is 0 Å². The summed E-state index contributed by atoms with van der Waals surface area (Å²) < 4.78 is 4.98. The van der Waals surface area contributed by atoms with Gasteiger partial charge in [-0.05, 0) is 17.3 Å². The van der Waals surface area contributed by atoms with Crippen molar-refractivity contribution in [2.75, 3.05) is 24.7 Å². The Bertz CT molecular complexity index is 540. The summed E-state index contributed by atoms with van der Waals surface area (Å²) in [6.07, 6.45) is 0.